The first kappa shape index (κ1) is 21.0. The second-order valence-electron chi connectivity index (χ2n) is 7.50. The van der Waals surface area contributed by atoms with Gasteiger partial charge in [-0.2, -0.15) is 0 Å². The predicted molar refractivity (Wildman–Crippen MR) is 130 cm³/mol. The van der Waals surface area contributed by atoms with E-state index >= 15 is 0 Å². The van der Waals surface area contributed by atoms with Crippen LogP contribution in [0.15, 0.2) is 61.3 Å². The Bertz CT molecular complexity index is 1370. The van der Waals surface area contributed by atoms with Crippen molar-refractivity contribution in [2.24, 2.45) is 0 Å². The van der Waals surface area contributed by atoms with E-state index in [1.807, 2.05) is 47.2 Å². The Morgan fingerprint density at radius 3 is 2.76 bits per heavy atom. The van der Waals surface area contributed by atoms with Gasteiger partial charge in [-0.25, -0.2) is 9.97 Å². The summed E-state index contributed by atoms with van der Waals surface area (Å²) in [5.74, 6) is 1.24. The molecule has 0 spiro atoms. The van der Waals surface area contributed by atoms with E-state index in [0.29, 0.717) is 34.3 Å². The van der Waals surface area contributed by atoms with Gasteiger partial charge < -0.3 is 19.0 Å². The van der Waals surface area contributed by atoms with Crippen LogP contribution in [0.3, 0.4) is 0 Å². The fourth-order valence-corrected chi connectivity index (χ4v) is 5.00. The largest absolute Gasteiger partial charge is 0.495 e. The van der Waals surface area contributed by atoms with Gasteiger partial charge in [0.1, 0.15) is 21.7 Å². The van der Waals surface area contributed by atoms with E-state index < -0.39 is 0 Å². The number of para-hydroxylation sites is 1. The minimum atomic E-state index is -0.102. The molecule has 0 radical (unpaired) electrons. The number of anilines is 1. The number of rotatable bonds is 8. The Labute approximate surface area is 194 Å². The second kappa shape index (κ2) is 8.95. The molecule has 0 unspecified atom stereocenters. The highest BCUT2D eigenvalue weighted by atomic mass is 32.1. The summed E-state index contributed by atoms with van der Waals surface area (Å²) in [5, 5.41) is 1.49. The quantitative estimate of drug-likeness (QED) is 0.361. The zero-order chi connectivity index (χ0) is 22.8. The number of thiazole rings is 1. The number of nitrogens with one attached hydrogen (secondary N) is 1. The molecule has 8 nitrogen and oxygen atoms in total. The number of methoxy groups -OCH3 is 2. The lowest BCUT2D eigenvalue weighted by Crippen LogP contribution is -2.32. The van der Waals surface area contributed by atoms with E-state index in [1.54, 1.807) is 37.8 Å². The molecular formula is C24H23N5O3S. The third kappa shape index (κ3) is 3.91. The summed E-state index contributed by atoms with van der Waals surface area (Å²) in [6, 6.07) is 11.5. The van der Waals surface area contributed by atoms with Crippen LogP contribution in [0.25, 0.3) is 21.1 Å². The number of carbonyl (C=O) groups excluding carboxylic acids is 1. The summed E-state index contributed by atoms with van der Waals surface area (Å²) < 4.78 is 13.9. The zero-order valence-electron chi connectivity index (χ0n) is 18.3. The number of hydrogen-bond donors (Lipinski definition) is 1. The van der Waals surface area contributed by atoms with Crippen molar-refractivity contribution in [3.8, 4) is 11.5 Å². The summed E-state index contributed by atoms with van der Waals surface area (Å²) >= 11 is 1.42. The maximum absolute atomic E-state index is 13.8. The highest BCUT2D eigenvalue weighted by Crippen LogP contribution is 2.40. The first-order valence-corrected chi connectivity index (χ1v) is 11.4. The Morgan fingerprint density at radius 1 is 1.15 bits per heavy atom. The van der Waals surface area contributed by atoms with Gasteiger partial charge in [0.15, 0.2) is 5.13 Å². The molecule has 0 saturated carbocycles. The fourth-order valence-electron chi connectivity index (χ4n) is 3.90. The minimum absolute atomic E-state index is 0.102. The van der Waals surface area contributed by atoms with Gasteiger partial charge in [-0.15, -0.1) is 0 Å². The average molecular weight is 462 g/mol. The van der Waals surface area contributed by atoms with E-state index in [4.69, 9.17) is 14.5 Å². The summed E-state index contributed by atoms with van der Waals surface area (Å²) in [4.78, 5) is 27.6. The van der Waals surface area contributed by atoms with Crippen molar-refractivity contribution in [2.75, 3.05) is 25.7 Å². The Morgan fingerprint density at radius 2 is 1.97 bits per heavy atom. The number of fused-ring (bicyclic) bond motifs is 2. The highest BCUT2D eigenvalue weighted by Gasteiger charge is 2.25. The summed E-state index contributed by atoms with van der Waals surface area (Å²) in [7, 11) is 3.24. The molecule has 2 aromatic carbocycles. The van der Waals surface area contributed by atoms with E-state index in [2.05, 4.69) is 9.97 Å². The third-order valence-corrected chi connectivity index (χ3v) is 6.64. The van der Waals surface area contributed by atoms with Gasteiger partial charge in [-0.1, -0.05) is 29.5 Å². The van der Waals surface area contributed by atoms with Crippen LogP contribution in [-0.2, 0) is 6.54 Å². The molecule has 33 heavy (non-hydrogen) atoms. The molecule has 0 aliphatic carbocycles. The lowest BCUT2D eigenvalue weighted by atomic mass is 10.1. The van der Waals surface area contributed by atoms with Gasteiger partial charge in [0.2, 0.25) is 0 Å². The summed E-state index contributed by atoms with van der Waals surface area (Å²) in [6.07, 6.45) is 7.96. The summed E-state index contributed by atoms with van der Waals surface area (Å²) in [5.41, 5.74) is 2.22. The van der Waals surface area contributed by atoms with Crippen LogP contribution in [0.2, 0.25) is 0 Å². The average Bonchev–Trinajstić information content (AvgIpc) is 3.60. The molecule has 3 aromatic heterocycles. The first-order chi connectivity index (χ1) is 16.2. The molecule has 0 fully saturated rings. The van der Waals surface area contributed by atoms with Gasteiger partial charge in [-0.05, 0) is 24.6 Å². The number of benzene rings is 2. The molecule has 3 heterocycles. The molecule has 0 saturated heterocycles. The normalized spacial score (nSPS) is 11.2. The fraction of sp³-hybridized carbons (Fsp3) is 0.208. The molecule has 0 bridgehead atoms. The number of hydrogen-bond acceptors (Lipinski definition) is 6. The van der Waals surface area contributed by atoms with Gasteiger partial charge in [0, 0.05) is 42.6 Å². The molecule has 0 aliphatic rings. The standard InChI is InChI=1S/C24H23N5O3S/c1-31-19-8-9-20(32-2)22-21(19)27-24(33-22)29(12-5-11-28-13-10-25-15-28)23(30)17-14-26-18-7-4-3-6-16(17)18/h3-4,6-10,13-15,26H,5,11-12H2,1-2H3. The molecule has 0 aliphatic heterocycles. The van der Waals surface area contributed by atoms with Crippen LogP contribution in [0.1, 0.15) is 16.8 Å². The molecule has 1 amide bonds. The van der Waals surface area contributed by atoms with Crippen LogP contribution < -0.4 is 14.4 Å². The number of aromatic nitrogens is 4. The number of imidazole rings is 1. The van der Waals surface area contributed by atoms with Gasteiger partial charge in [-0.3, -0.25) is 9.69 Å². The number of ether oxygens (including phenoxy) is 2. The SMILES string of the molecule is COc1ccc(OC)c2sc(N(CCCn3ccnc3)C(=O)c3c[nH]c4ccccc34)nc12. The molecule has 9 heteroatoms. The number of amides is 1. The molecule has 168 valence electrons. The van der Waals surface area contributed by atoms with E-state index in [1.165, 1.54) is 11.3 Å². The highest BCUT2D eigenvalue weighted by molar-refractivity contribution is 7.22. The van der Waals surface area contributed by atoms with Crippen molar-refractivity contribution in [1.82, 2.24) is 19.5 Å². The Hall–Kier alpha value is -3.85. The smallest absolute Gasteiger partial charge is 0.262 e. The molecule has 1 N–H and O–H groups in total. The van der Waals surface area contributed by atoms with Gasteiger partial charge in [0.05, 0.1) is 26.1 Å². The van der Waals surface area contributed by atoms with Crippen molar-refractivity contribution in [3.05, 3.63) is 66.9 Å². The monoisotopic (exact) mass is 461 g/mol. The van der Waals surface area contributed by atoms with Gasteiger partial charge in [0.25, 0.3) is 5.91 Å². The van der Waals surface area contributed by atoms with E-state index in [-0.39, 0.29) is 5.91 Å². The van der Waals surface area contributed by atoms with Crippen LogP contribution >= 0.6 is 11.3 Å². The maximum atomic E-state index is 13.8. The Kier molecular flexibility index (Phi) is 5.70. The number of carbonyl (C=O) groups is 1. The van der Waals surface area contributed by atoms with Crippen molar-refractivity contribution in [2.45, 2.75) is 13.0 Å². The van der Waals surface area contributed by atoms with Crippen molar-refractivity contribution >= 4 is 43.5 Å². The number of H-pyrrole nitrogens is 1. The van der Waals surface area contributed by atoms with E-state index in [0.717, 1.165) is 28.6 Å². The summed E-state index contributed by atoms with van der Waals surface area (Å²) in [6.45, 7) is 1.25. The third-order valence-electron chi connectivity index (χ3n) is 5.55. The first-order valence-electron chi connectivity index (χ1n) is 10.5. The van der Waals surface area contributed by atoms with Crippen molar-refractivity contribution < 1.29 is 14.3 Å². The lowest BCUT2D eigenvalue weighted by Gasteiger charge is -2.19. The zero-order valence-corrected chi connectivity index (χ0v) is 19.1. The van der Waals surface area contributed by atoms with Crippen LogP contribution in [0.4, 0.5) is 5.13 Å². The number of aromatic amines is 1. The van der Waals surface area contributed by atoms with E-state index in [9.17, 15) is 4.79 Å². The van der Waals surface area contributed by atoms with Crippen molar-refractivity contribution in [1.29, 1.82) is 0 Å². The number of aryl methyl sites for hydroxylation is 1. The topological polar surface area (TPSA) is 85.3 Å². The second-order valence-corrected chi connectivity index (χ2v) is 8.48. The Balaban J connectivity index is 1.55. The number of nitrogens with zero attached hydrogens (tertiary/aromatic N) is 4. The van der Waals surface area contributed by atoms with Crippen molar-refractivity contribution in [3.63, 3.8) is 0 Å². The molecule has 5 aromatic rings. The lowest BCUT2D eigenvalue weighted by molar-refractivity contribution is 0.0988. The molecule has 0 atom stereocenters. The maximum Gasteiger partial charge on any atom is 0.262 e. The molecular weight excluding hydrogens is 438 g/mol. The van der Waals surface area contributed by atoms with Crippen LogP contribution in [0.5, 0.6) is 11.5 Å². The molecule has 5 rings (SSSR count). The minimum Gasteiger partial charge on any atom is -0.495 e. The van der Waals surface area contributed by atoms with Gasteiger partial charge >= 0.3 is 0 Å². The van der Waals surface area contributed by atoms with Crippen LogP contribution in [0, 0.1) is 0 Å². The predicted octanol–water partition coefficient (Wildman–Crippen LogP) is 4.73. The van der Waals surface area contributed by atoms with Crippen LogP contribution in [-0.4, -0.2) is 46.2 Å².